The van der Waals surface area contributed by atoms with Gasteiger partial charge in [-0.3, -0.25) is 19.7 Å². The maximum atomic E-state index is 11.3. The van der Waals surface area contributed by atoms with Crippen molar-refractivity contribution in [2.75, 3.05) is 6.61 Å². The van der Waals surface area contributed by atoms with Crippen LogP contribution >= 0.6 is 11.6 Å². The summed E-state index contributed by atoms with van der Waals surface area (Å²) in [6.07, 6.45) is 10.4. The number of fused-ring (bicyclic) bond motifs is 1. The highest BCUT2D eigenvalue weighted by atomic mass is 35.5. The van der Waals surface area contributed by atoms with Crippen molar-refractivity contribution in [2.45, 2.75) is 354 Å². The van der Waals surface area contributed by atoms with E-state index in [-0.39, 0.29) is 63.1 Å². The van der Waals surface area contributed by atoms with E-state index in [0.29, 0.717) is 40.3 Å². The number of hydrogen-bond acceptors (Lipinski definition) is 10. The van der Waals surface area contributed by atoms with E-state index in [2.05, 4.69) is 288 Å². The fourth-order valence-electron chi connectivity index (χ4n) is 9.11. The summed E-state index contributed by atoms with van der Waals surface area (Å²) in [5.74, 6) is 0.716. The molecule has 0 unspecified atom stereocenters. The van der Waals surface area contributed by atoms with Crippen LogP contribution < -0.4 is 0 Å². The van der Waals surface area contributed by atoms with Gasteiger partial charge in [-0.05, 0) is 188 Å². The minimum atomic E-state index is -0.396. The summed E-state index contributed by atoms with van der Waals surface area (Å²) < 4.78 is 5.16. The number of Topliss-reactive ketones (excluding diaryl/α,β-unsaturated/α-hetero) is 1. The van der Waals surface area contributed by atoms with Crippen LogP contribution in [0.4, 0.5) is 0 Å². The average molecular weight is 1450 g/mol. The number of aromatic amines is 1. The zero-order valence-electron chi connectivity index (χ0n) is 73.2. The topological polar surface area (TPSA) is 182 Å². The Kier molecular flexibility index (Phi) is 45.9. The molecule has 12 heteroatoms. The van der Waals surface area contributed by atoms with Crippen LogP contribution in [-0.4, -0.2) is 59.4 Å². The van der Waals surface area contributed by atoms with Gasteiger partial charge in [-0.2, -0.15) is 10.4 Å². The lowest BCUT2D eigenvalue weighted by molar-refractivity contribution is -0.164. The number of hydrogen-bond donors (Lipinski definition) is 4. The normalized spacial score (nSPS) is 11.9. The number of esters is 1. The van der Waals surface area contributed by atoms with Crippen molar-refractivity contribution < 1.29 is 29.6 Å². The number of ether oxygens (including phenoxy) is 1. The number of nitriles is 1. The third kappa shape index (κ3) is 50.4. The molecule has 6 aromatic rings. The first-order chi connectivity index (χ1) is 46.2. The molecule has 0 saturated heterocycles. The summed E-state index contributed by atoms with van der Waals surface area (Å²) in [4.78, 5) is 29.8. The van der Waals surface area contributed by atoms with Gasteiger partial charge in [0.1, 0.15) is 11.4 Å². The van der Waals surface area contributed by atoms with E-state index in [9.17, 15) is 9.59 Å². The fraction of sp³-hybridized carbons (Fsp3) is 0.648. The standard InChI is InChI=1S/C13H20.2C12H18O.C11H14N2.C9H18O2.C8H11ClN2.C7H13N.C7H16.C6H14O.C6H12O/c1-10(2)11-8-6-7-9-12(11)13(3,4)5;1-9-5-6-10(8-13)7-11(9)12(2,3)4;1-9-10(8-13)6-5-7-11(9)12(2,3)4;1-11(2,3)9-4-5-10-8(6-9)7-12-13-10;1-8(2,3)7(10)11-9(4,5)6;1-8(2,3)6-7(9)11-5-4-10-6;1-7(2,3)5-4-6-8;1-5-6-7(2,3)4;1-6(2,3)4-5-7;1-5(7)6(2,3)4/h6-10H,1-5H3;2*5-7,13H,8H2,1-4H3;4-7H,1-3H3,(H,12,13);1-6H3;4-5H,1-3H3;4-5H2,1-3H3;5-6H2,1-4H3;7H,4-5H2,1-3H3;1-4H3. The van der Waals surface area contributed by atoms with Crippen molar-refractivity contribution in [1.82, 2.24) is 20.2 Å². The molecule has 0 aliphatic rings. The largest absolute Gasteiger partial charge is 0.460 e. The Morgan fingerprint density at radius 2 is 1.03 bits per heavy atom. The Bertz CT molecular complexity index is 3330. The highest BCUT2D eigenvalue weighted by Gasteiger charge is 2.28. The van der Waals surface area contributed by atoms with Gasteiger partial charge in [0.15, 0.2) is 5.15 Å². The summed E-state index contributed by atoms with van der Waals surface area (Å²) in [7, 11) is 0. The second kappa shape index (κ2) is 45.7. The molecule has 0 fully saturated rings. The highest BCUT2D eigenvalue weighted by Crippen LogP contribution is 2.32. The van der Waals surface area contributed by atoms with Crippen LogP contribution in [-0.2, 0) is 54.6 Å². The number of carbonyl (C=O) groups is 2. The predicted molar refractivity (Wildman–Crippen MR) is 447 cm³/mol. The minimum Gasteiger partial charge on any atom is -0.460 e. The molecule has 0 saturated carbocycles. The first-order valence-electron chi connectivity index (χ1n) is 37.3. The number of rotatable bonds is 6. The molecule has 6 rings (SSSR count). The third-order valence-corrected chi connectivity index (χ3v) is 16.0. The summed E-state index contributed by atoms with van der Waals surface area (Å²) in [5, 5.41) is 43.3. The molecule has 4 aromatic carbocycles. The molecule has 0 aliphatic heterocycles. The molecule has 11 nitrogen and oxygen atoms in total. The number of ketones is 1. The molecule has 2 heterocycles. The number of H-pyrrole nitrogens is 1. The molecule has 586 valence electrons. The first kappa shape index (κ1) is 104. The number of aliphatic hydroxyl groups is 3. The molecule has 2 aromatic heterocycles. The van der Waals surface area contributed by atoms with Crippen molar-refractivity contribution >= 4 is 34.3 Å². The van der Waals surface area contributed by atoms with Gasteiger partial charge >= 0.3 is 5.97 Å². The maximum absolute atomic E-state index is 11.3. The highest BCUT2D eigenvalue weighted by molar-refractivity contribution is 6.30. The summed E-state index contributed by atoms with van der Waals surface area (Å²) in [6, 6.07) is 29.6. The second-order valence-corrected chi connectivity index (χ2v) is 39.4. The number of halogens is 1. The van der Waals surface area contributed by atoms with E-state index in [0.717, 1.165) is 35.2 Å². The maximum Gasteiger partial charge on any atom is 0.311 e. The van der Waals surface area contributed by atoms with Gasteiger partial charge in [0.05, 0.1) is 42.1 Å². The van der Waals surface area contributed by atoms with E-state index < -0.39 is 5.41 Å². The molecule has 4 N–H and O–H groups in total. The average Bonchev–Trinajstić information content (AvgIpc) is 1.75. The number of carbonyl (C=O) groups excluding carboxylic acids is 2. The molecule has 0 bridgehead atoms. The Morgan fingerprint density at radius 3 is 1.34 bits per heavy atom. The molecule has 0 radical (unpaired) electrons. The molecular weight excluding hydrogens is 1290 g/mol. The number of aliphatic hydroxyl groups excluding tert-OH is 3. The van der Waals surface area contributed by atoms with Gasteiger partial charge in [0, 0.05) is 41.6 Å². The Morgan fingerprint density at radius 1 is 0.553 bits per heavy atom. The van der Waals surface area contributed by atoms with Crippen molar-refractivity contribution in [2.24, 2.45) is 27.1 Å². The van der Waals surface area contributed by atoms with Crippen LogP contribution in [0.1, 0.15) is 350 Å². The van der Waals surface area contributed by atoms with Gasteiger partial charge in [-0.25, -0.2) is 4.98 Å². The monoisotopic (exact) mass is 1450 g/mol. The number of benzene rings is 4. The van der Waals surface area contributed by atoms with Crippen LogP contribution in [0.3, 0.4) is 0 Å². The number of aromatic nitrogens is 4. The zero-order chi connectivity index (χ0) is 82.0. The summed E-state index contributed by atoms with van der Waals surface area (Å²) in [5.41, 5.74) is 14.5. The smallest absolute Gasteiger partial charge is 0.311 e. The van der Waals surface area contributed by atoms with Gasteiger partial charge in [-0.15, -0.1) is 0 Å². The van der Waals surface area contributed by atoms with Crippen LogP contribution in [0.25, 0.3) is 10.9 Å². The van der Waals surface area contributed by atoms with E-state index >= 15 is 0 Å². The lowest BCUT2D eigenvalue weighted by Gasteiger charge is -2.25. The molecule has 0 spiro atoms. The van der Waals surface area contributed by atoms with Crippen molar-refractivity contribution in [3.05, 3.63) is 158 Å². The van der Waals surface area contributed by atoms with E-state index in [4.69, 9.17) is 36.9 Å². The number of nitrogens with one attached hydrogen (secondary N) is 1. The lowest BCUT2D eigenvalue weighted by atomic mass is 9.81. The molecule has 0 amide bonds. The van der Waals surface area contributed by atoms with Gasteiger partial charge in [-0.1, -0.05) is 292 Å². The van der Waals surface area contributed by atoms with Gasteiger partial charge in [0.25, 0.3) is 0 Å². The summed E-state index contributed by atoms with van der Waals surface area (Å²) >= 11 is 5.84. The second-order valence-electron chi connectivity index (χ2n) is 39.0. The van der Waals surface area contributed by atoms with Crippen LogP contribution in [0.15, 0.2) is 97.5 Å². The Balaban J connectivity index is -0.000000534. The van der Waals surface area contributed by atoms with Crippen molar-refractivity contribution in [3.8, 4) is 6.07 Å². The molecule has 103 heavy (non-hydrogen) atoms. The van der Waals surface area contributed by atoms with E-state index in [1.165, 1.54) is 57.2 Å². The third-order valence-electron chi connectivity index (χ3n) is 15.7. The van der Waals surface area contributed by atoms with Gasteiger partial charge < -0.3 is 20.1 Å². The zero-order valence-corrected chi connectivity index (χ0v) is 74.0. The van der Waals surface area contributed by atoms with Crippen LogP contribution in [0.2, 0.25) is 5.15 Å². The fourth-order valence-corrected chi connectivity index (χ4v) is 9.50. The SMILES string of the molecule is CC(=O)C(C)(C)C.CC(C)(C)CCC#N.CC(C)(C)CCO.CC(C)(C)OC(=O)C(C)(C)C.CC(C)(C)c1ccc2[nH]ncc2c1.CC(C)(C)c1nccnc1Cl.CC(C)c1ccccc1C(C)(C)C.CCCC(C)(C)C.Cc1c(CO)cccc1C(C)(C)C.Cc1ccc(CO)cc1C(C)(C)C. The molecule has 0 atom stereocenters. The predicted octanol–water partition coefficient (Wildman–Crippen LogP) is 25.5. The van der Waals surface area contributed by atoms with Crippen molar-refractivity contribution in [3.63, 3.8) is 0 Å². The Labute approximate surface area is 637 Å². The molecular formula is C91H154ClN5O6. The molecule has 0 aliphatic carbocycles. The van der Waals surface area contributed by atoms with Gasteiger partial charge in [0.2, 0.25) is 0 Å². The number of nitrogens with zero attached hydrogens (tertiary/aromatic N) is 4. The van der Waals surface area contributed by atoms with E-state index in [1.54, 1.807) is 19.3 Å². The van der Waals surface area contributed by atoms with Crippen LogP contribution in [0.5, 0.6) is 0 Å². The first-order valence-corrected chi connectivity index (χ1v) is 37.7. The van der Waals surface area contributed by atoms with E-state index in [1.807, 2.05) is 86.7 Å². The minimum absolute atomic E-state index is 0.0225. The quantitative estimate of drug-likeness (QED) is 0.117. The van der Waals surface area contributed by atoms with Crippen molar-refractivity contribution in [1.29, 1.82) is 5.26 Å². The number of aryl methyl sites for hydroxylation is 1. The lowest BCUT2D eigenvalue weighted by Crippen LogP contribution is -2.31. The van der Waals surface area contributed by atoms with Crippen LogP contribution in [0, 0.1) is 52.3 Å². The summed E-state index contributed by atoms with van der Waals surface area (Å²) in [6.45, 7) is 82.4. The Hall–Kier alpha value is -5.77.